The Morgan fingerprint density at radius 3 is 2.75 bits per heavy atom. The van der Waals surface area contributed by atoms with E-state index in [1.54, 1.807) is 0 Å². The number of nitrogens with two attached hydrogens (primary N) is 1. The van der Waals surface area contributed by atoms with Crippen LogP contribution < -0.4 is 5.73 Å². The van der Waals surface area contributed by atoms with Crippen LogP contribution in [-0.2, 0) is 9.47 Å². The van der Waals surface area contributed by atoms with Crippen molar-refractivity contribution in [3.63, 3.8) is 0 Å². The third-order valence-corrected chi connectivity index (χ3v) is 4.22. The lowest BCUT2D eigenvalue weighted by Gasteiger charge is -2.42. The van der Waals surface area contributed by atoms with Crippen LogP contribution in [0.4, 0.5) is 0 Å². The minimum absolute atomic E-state index is 0.121. The molecule has 3 nitrogen and oxygen atoms in total. The van der Waals surface area contributed by atoms with Gasteiger partial charge in [-0.05, 0) is 51.4 Å². The minimum Gasteiger partial charge on any atom is -0.378 e. The third kappa shape index (κ3) is 2.96. The van der Waals surface area contributed by atoms with Gasteiger partial charge in [-0.15, -0.1) is 0 Å². The fourth-order valence-electron chi connectivity index (χ4n) is 2.91. The topological polar surface area (TPSA) is 44.5 Å². The lowest BCUT2D eigenvalue weighted by Crippen LogP contribution is -2.44. The highest BCUT2D eigenvalue weighted by Gasteiger charge is 2.38. The molecule has 0 aromatic rings. The van der Waals surface area contributed by atoms with E-state index in [1.807, 2.05) is 7.11 Å². The molecule has 2 atom stereocenters. The van der Waals surface area contributed by atoms with Gasteiger partial charge in [0.05, 0.1) is 11.7 Å². The minimum atomic E-state index is 0.121. The Balaban J connectivity index is 1.65. The van der Waals surface area contributed by atoms with E-state index in [1.165, 1.54) is 32.1 Å². The lowest BCUT2D eigenvalue weighted by molar-refractivity contribution is -0.0822. The Morgan fingerprint density at radius 2 is 2.25 bits per heavy atom. The maximum absolute atomic E-state index is 6.19. The SMILES string of the molecule is COC1(CC(N)CCC2CCCO2)CCC1. The summed E-state index contributed by atoms with van der Waals surface area (Å²) in [5.74, 6) is 0. The number of hydrogen-bond acceptors (Lipinski definition) is 3. The smallest absolute Gasteiger partial charge is 0.0693 e. The Labute approximate surface area is 98.7 Å². The van der Waals surface area contributed by atoms with Crippen molar-refractivity contribution in [2.45, 2.75) is 69.1 Å². The van der Waals surface area contributed by atoms with Gasteiger partial charge in [0.2, 0.25) is 0 Å². The van der Waals surface area contributed by atoms with E-state index < -0.39 is 0 Å². The normalized spacial score (nSPS) is 30.0. The largest absolute Gasteiger partial charge is 0.378 e. The molecule has 3 heteroatoms. The fraction of sp³-hybridized carbons (Fsp3) is 1.00. The van der Waals surface area contributed by atoms with Crippen LogP contribution in [0.3, 0.4) is 0 Å². The van der Waals surface area contributed by atoms with Crippen LogP contribution in [0, 0.1) is 0 Å². The Kier molecular flexibility index (Phi) is 4.22. The van der Waals surface area contributed by atoms with Crippen LogP contribution >= 0.6 is 0 Å². The molecule has 16 heavy (non-hydrogen) atoms. The van der Waals surface area contributed by atoms with Crippen molar-refractivity contribution >= 4 is 0 Å². The Morgan fingerprint density at radius 1 is 1.44 bits per heavy atom. The van der Waals surface area contributed by atoms with E-state index in [4.69, 9.17) is 15.2 Å². The van der Waals surface area contributed by atoms with Gasteiger partial charge in [0, 0.05) is 19.8 Å². The van der Waals surface area contributed by atoms with E-state index >= 15 is 0 Å². The van der Waals surface area contributed by atoms with E-state index in [0.717, 1.165) is 25.9 Å². The highest BCUT2D eigenvalue weighted by atomic mass is 16.5. The molecular weight excluding hydrogens is 202 g/mol. The summed E-state index contributed by atoms with van der Waals surface area (Å²) in [5.41, 5.74) is 6.31. The molecule has 0 aromatic carbocycles. The van der Waals surface area contributed by atoms with E-state index in [9.17, 15) is 0 Å². The summed E-state index contributed by atoms with van der Waals surface area (Å²) < 4.78 is 11.2. The highest BCUT2D eigenvalue weighted by Crippen LogP contribution is 2.39. The zero-order valence-electron chi connectivity index (χ0n) is 10.4. The predicted molar refractivity (Wildman–Crippen MR) is 64.4 cm³/mol. The van der Waals surface area contributed by atoms with Crippen LogP contribution in [0.1, 0.15) is 51.4 Å². The van der Waals surface area contributed by atoms with Crippen molar-refractivity contribution in [1.82, 2.24) is 0 Å². The van der Waals surface area contributed by atoms with Crippen molar-refractivity contribution in [2.24, 2.45) is 5.73 Å². The van der Waals surface area contributed by atoms with Gasteiger partial charge in [-0.3, -0.25) is 0 Å². The maximum Gasteiger partial charge on any atom is 0.0693 e. The first-order valence-corrected chi connectivity index (χ1v) is 6.66. The fourth-order valence-corrected chi connectivity index (χ4v) is 2.91. The molecule has 1 aliphatic heterocycles. The summed E-state index contributed by atoms with van der Waals surface area (Å²) >= 11 is 0. The molecule has 0 aromatic heterocycles. The molecule has 0 spiro atoms. The average molecular weight is 227 g/mol. The summed E-state index contributed by atoms with van der Waals surface area (Å²) in [6, 6.07) is 0.282. The first-order chi connectivity index (χ1) is 7.74. The number of hydrogen-bond donors (Lipinski definition) is 1. The zero-order chi connectivity index (χ0) is 11.4. The van der Waals surface area contributed by atoms with Gasteiger partial charge in [-0.1, -0.05) is 0 Å². The molecule has 0 amide bonds. The molecule has 1 saturated heterocycles. The molecule has 94 valence electrons. The summed E-state index contributed by atoms with van der Waals surface area (Å²) in [5, 5.41) is 0. The van der Waals surface area contributed by atoms with Gasteiger partial charge in [0.15, 0.2) is 0 Å². The van der Waals surface area contributed by atoms with Gasteiger partial charge in [-0.2, -0.15) is 0 Å². The molecule has 2 unspecified atom stereocenters. The summed E-state index contributed by atoms with van der Waals surface area (Å²) in [6.45, 7) is 0.946. The third-order valence-electron chi connectivity index (χ3n) is 4.22. The van der Waals surface area contributed by atoms with Crippen LogP contribution in [-0.4, -0.2) is 31.5 Å². The second kappa shape index (κ2) is 5.48. The van der Waals surface area contributed by atoms with Gasteiger partial charge >= 0.3 is 0 Å². The van der Waals surface area contributed by atoms with Gasteiger partial charge in [-0.25, -0.2) is 0 Å². The van der Waals surface area contributed by atoms with E-state index in [0.29, 0.717) is 6.10 Å². The molecule has 2 rings (SSSR count). The van der Waals surface area contributed by atoms with Gasteiger partial charge in [0.25, 0.3) is 0 Å². The standard InChI is InChI=1S/C13H25NO2/c1-15-13(7-3-8-13)10-11(14)5-6-12-4-2-9-16-12/h11-12H,2-10,14H2,1H3. The van der Waals surface area contributed by atoms with Crippen LogP contribution in [0.2, 0.25) is 0 Å². The predicted octanol–water partition coefficient (Wildman–Crippen LogP) is 2.23. The number of methoxy groups -OCH3 is 1. The summed E-state index contributed by atoms with van der Waals surface area (Å²) in [6.07, 6.45) is 9.84. The lowest BCUT2D eigenvalue weighted by atomic mass is 9.75. The van der Waals surface area contributed by atoms with Crippen LogP contribution in [0.15, 0.2) is 0 Å². The molecule has 2 fully saturated rings. The van der Waals surface area contributed by atoms with Crippen LogP contribution in [0.25, 0.3) is 0 Å². The molecule has 2 N–H and O–H groups in total. The molecule has 1 aliphatic carbocycles. The first kappa shape index (κ1) is 12.3. The second-order valence-corrected chi connectivity index (χ2v) is 5.42. The Bertz CT molecular complexity index is 204. The van der Waals surface area contributed by atoms with Crippen LogP contribution in [0.5, 0.6) is 0 Å². The molecule has 0 bridgehead atoms. The van der Waals surface area contributed by atoms with E-state index in [2.05, 4.69) is 0 Å². The molecule has 0 radical (unpaired) electrons. The quantitative estimate of drug-likeness (QED) is 0.757. The number of rotatable bonds is 6. The van der Waals surface area contributed by atoms with Gasteiger partial charge < -0.3 is 15.2 Å². The maximum atomic E-state index is 6.19. The van der Waals surface area contributed by atoms with Crippen molar-refractivity contribution in [3.05, 3.63) is 0 Å². The van der Waals surface area contributed by atoms with E-state index in [-0.39, 0.29) is 11.6 Å². The van der Waals surface area contributed by atoms with Gasteiger partial charge in [0.1, 0.15) is 0 Å². The van der Waals surface area contributed by atoms with Crippen molar-refractivity contribution in [2.75, 3.05) is 13.7 Å². The molecule has 1 saturated carbocycles. The van der Waals surface area contributed by atoms with Crippen molar-refractivity contribution in [1.29, 1.82) is 0 Å². The molecular formula is C13H25NO2. The molecule has 1 heterocycles. The summed E-state index contributed by atoms with van der Waals surface area (Å²) in [4.78, 5) is 0. The average Bonchev–Trinajstić information content (AvgIpc) is 2.73. The molecule has 2 aliphatic rings. The van der Waals surface area contributed by atoms with Crippen molar-refractivity contribution < 1.29 is 9.47 Å². The number of ether oxygens (including phenoxy) is 2. The first-order valence-electron chi connectivity index (χ1n) is 6.66. The Hall–Kier alpha value is -0.120. The zero-order valence-corrected chi connectivity index (χ0v) is 10.4. The highest BCUT2D eigenvalue weighted by molar-refractivity contribution is 4.92. The summed E-state index contributed by atoms with van der Waals surface area (Å²) in [7, 11) is 1.83. The second-order valence-electron chi connectivity index (χ2n) is 5.42. The van der Waals surface area contributed by atoms with Crippen molar-refractivity contribution in [3.8, 4) is 0 Å². The monoisotopic (exact) mass is 227 g/mol.